The van der Waals surface area contributed by atoms with E-state index in [1.54, 1.807) is 6.20 Å². The van der Waals surface area contributed by atoms with Crippen LogP contribution >= 0.6 is 15.9 Å². The number of benzene rings is 2. The summed E-state index contributed by atoms with van der Waals surface area (Å²) in [5.74, 6) is 0.968. The van der Waals surface area contributed by atoms with E-state index in [4.69, 9.17) is 4.98 Å². The standard InChI is InChI=1S/C23H21BrN4O/c24-18-11-13-19(14-12-18)26-22(29)10-4-9-21-27-20-8-5-15-25-23(20)28(21)16-17-6-2-1-3-7-17/h1-3,5-8,11-15H,4,9-10,16H2,(H,26,29). The molecule has 0 bridgehead atoms. The molecular weight excluding hydrogens is 428 g/mol. The van der Waals surface area contributed by atoms with Crippen LogP contribution in [0.15, 0.2) is 77.4 Å². The van der Waals surface area contributed by atoms with E-state index in [2.05, 4.69) is 42.9 Å². The Kier molecular flexibility index (Phi) is 6.00. The molecule has 1 amide bonds. The van der Waals surface area contributed by atoms with Crippen LogP contribution < -0.4 is 5.32 Å². The SMILES string of the molecule is O=C(CCCc1nc2cccnc2n1Cc1ccccc1)Nc1ccc(Br)cc1. The Morgan fingerprint density at radius 1 is 1.00 bits per heavy atom. The van der Waals surface area contributed by atoms with Crippen LogP contribution in [-0.2, 0) is 17.8 Å². The number of rotatable bonds is 7. The van der Waals surface area contributed by atoms with E-state index in [9.17, 15) is 4.79 Å². The van der Waals surface area contributed by atoms with Crippen molar-refractivity contribution in [3.05, 3.63) is 88.8 Å². The summed E-state index contributed by atoms with van der Waals surface area (Å²) >= 11 is 3.40. The Morgan fingerprint density at radius 3 is 2.59 bits per heavy atom. The van der Waals surface area contributed by atoms with Crippen molar-refractivity contribution in [2.24, 2.45) is 0 Å². The van der Waals surface area contributed by atoms with E-state index in [0.29, 0.717) is 6.42 Å². The molecule has 146 valence electrons. The Hall–Kier alpha value is -2.99. The second kappa shape index (κ2) is 9.01. The van der Waals surface area contributed by atoms with Gasteiger partial charge in [0, 0.05) is 29.2 Å². The summed E-state index contributed by atoms with van der Waals surface area (Å²) in [5, 5.41) is 2.94. The fourth-order valence-corrected chi connectivity index (χ4v) is 3.56. The van der Waals surface area contributed by atoms with Gasteiger partial charge >= 0.3 is 0 Å². The van der Waals surface area contributed by atoms with Crippen LogP contribution in [0, 0.1) is 0 Å². The topological polar surface area (TPSA) is 59.8 Å². The lowest BCUT2D eigenvalue weighted by molar-refractivity contribution is -0.116. The van der Waals surface area contributed by atoms with Crippen molar-refractivity contribution in [3.63, 3.8) is 0 Å². The molecule has 0 unspecified atom stereocenters. The summed E-state index contributed by atoms with van der Waals surface area (Å²) in [4.78, 5) is 21.6. The van der Waals surface area contributed by atoms with Gasteiger partial charge in [0.1, 0.15) is 11.3 Å². The van der Waals surface area contributed by atoms with E-state index in [0.717, 1.165) is 46.5 Å². The summed E-state index contributed by atoms with van der Waals surface area (Å²) in [6, 6.07) is 21.8. The molecule has 0 aliphatic heterocycles. The van der Waals surface area contributed by atoms with Gasteiger partial charge in [0.2, 0.25) is 5.91 Å². The van der Waals surface area contributed by atoms with Crippen molar-refractivity contribution in [3.8, 4) is 0 Å². The van der Waals surface area contributed by atoms with Crippen LogP contribution in [0.5, 0.6) is 0 Å². The van der Waals surface area contributed by atoms with Crippen LogP contribution in [0.4, 0.5) is 5.69 Å². The predicted octanol–water partition coefficient (Wildman–Crippen LogP) is 5.20. The normalized spacial score (nSPS) is 10.9. The number of imidazole rings is 1. The first-order valence-corrected chi connectivity index (χ1v) is 10.4. The van der Waals surface area contributed by atoms with Gasteiger partial charge in [-0.05, 0) is 48.4 Å². The lowest BCUT2D eigenvalue weighted by atomic mass is 10.2. The lowest BCUT2D eigenvalue weighted by Crippen LogP contribution is -2.12. The maximum Gasteiger partial charge on any atom is 0.224 e. The highest BCUT2D eigenvalue weighted by Crippen LogP contribution is 2.18. The van der Waals surface area contributed by atoms with Gasteiger partial charge in [-0.15, -0.1) is 0 Å². The molecule has 0 aliphatic rings. The number of nitrogens with zero attached hydrogens (tertiary/aromatic N) is 3. The minimum Gasteiger partial charge on any atom is -0.326 e. The molecule has 5 nitrogen and oxygen atoms in total. The van der Waals surface area contributed by atoms with Gasteiger partial charge in [-0.3, -0.25) is 4.79 Å². The van der Waals surface area contributed by atoms with E-state index >= 15 is 0 Å². The second-order valence-corrected chi connectivity index (χ2v) is 7.77. The van der Waals surface area contributed by atoms with Crippen molar-refractivity contribution < 1.29 is 4.79 Å². The number of carbonyl (C=O) groups excluding carboxylic acids is 1. The van der Waals surface area contributed by atoms with Crippen LogP contribution in [0.1, 0.15) is 24.2 Å². The summed E-state index contributed by atoms with van der Waals surface area (Å²) < 4.78 is 3.14. The molecule has 0 spiro atoms. The molecule has 0 aliphatic carbocycles. The van der Waals surface area contributed by atoms with E-state index in [1.807, 2.05) is 54.6 Å². The van der Waals surface area contributed by atoms with Crippen LogP contribution in [0.2, 0.25) is 0 Å². The molecule has 6 heteroatoms. The third-order valence-corrected chi connectivity index (χ3v) is 5.23. The van der Waals surface area contributed by atoms with Crippen LogP contribution in [0.3, 0.4) is 0 Å². The summed E-state index contributed by atoms with van der Waals surface area (Å²) in [7, 11) is 0. The number of aromatic nitrogens is 3. The van der Waals surface area contributed by atoms with E-state index in [-0.39, 0.29) is 5.91 Å². The average molecular weight is 449 g/mol. The Bertz CT molecular complexity index is 1110. The largest absolute Gasteiger partial charge is 0.326 e. The number of anilines is 1. The molecule has 0 radical (unpaired) electrons. The molecule has 4 rings (SSSR count). The number of hydrogen-bond acceptors (Lipinski definition) is 3. The van der Waals surface area contributed by atoms with Crippen molar-refractivity contribution in [2.75, 3.05) is 5.32 Å². The highest BCUT2D eigenvalue weighted by atomic mass is 79.9. The van der Waals surface area contributed by atoms with Gasteiger partial charge in [-0.1, -0.05) is 46.3 Å². The number of pyridine rings is 1. The first-order chi connectivity index (χ1) is 14.2. The molecule has 2 aromatic carbocycles. The van der Waals surface area contributed by atoms with Gasteiger partial charge in [0.15, 0.2) is 5.65 Å². The highest BCUT2D eigenvalue weighted by molar-refractivity contribution is 9.10. The average Bonchev–Trinajstić information content (AvgIpc) is 3.08. The van der Waals surface area contributed by atoms with Crippen LogP contribution in [-0.4, -0.2) is 20.4 Å². The number of carbonyl (C=O) groups is 1. The van der Waals surface area contributed by atoms with Gasteiger partial charge in [-0.25, -0.2) is 9.97 Å². The zero-order valence-corrected chi connectivity index (χ0v) is 17.5. The summed E-state index contributed by atoms with van der Waals surface area (Å²) in [6.07, 6.45) is 3.68. The minimum absolute atomic E-state index is 0.0103. The maximum atomic E-state index is 12.3. The number of aryl methyl sites for hydroxylation is 1. The first-order valence-electron chi connectivity index (χ1n) is 9.58. The summed E-state index contributed by atoms with van der Waals surface area (Å²) in [6.45, 7) is 0.717. The smallest absolute Gasteiger partial charge is 0.224 e. The Labute approximate surface area is 177 Å². The molecule has 0 saturated carbocycles. The maximum absolute atomic E-state index is 12.3. The number of amides is 1. The van der Waals surface area contributed by atoms with Crippen molar-refractivity contribution in [1.29, 1.82) is 0 Å². The van der Waals surface area contributed by atoms with Crippen molar-refractivity contribution in [2.45, 2.75) is 25.8 Å². The van der Waals surface area contributed by atoms with Crippen LogP contribution in [0.25, 0.3) is 11.2 Å². The molecular formula is C23H21BrN4O. The zero-order chi connectivity index (χ0) is 20.1. The third-order valence-electron chi connectivity index (χ3n) is 4.70. The quantitative estimate of drug-likeness (QED) is 0.422. The molecule has 1 N–H and O–H groups in total. The predicted molar refractivity (Wildman–Crippen MR) is 119 cm³/mol. The summed E-state index contributed by atoms with van der Waals surface area (Å²) in [5.41, 5.74) is 3.77. The molecule has 4 aromatic rings. The minimum atomic E-state index is 0.0103. The zero-order valence-electron chi connectivity index (χ0n) is 15.9. The number of hydrogen-bond donors (Lipinski definition) is 1. The van der Waals surface area contributed by atoms with Crippen molar-refractivity contribution in [1.82, 2.24) is 14.5 Å². The number of nitrogens with one attached hydrogen (secondary N) is 1. The fraction of sp³-hybridized carbons (Fsp3) is 0.174. The van der Waals surface area contributed by atoms with E-state index < -0.39 is 0 Å². The second-order valence-electron chi connectivity index (χ2n) is 6.85. The third kappa shape index (κ3) is 4.90. The fourth-order valence-electron chi connectivity index (χ4n) is 3.29. The number of halogens is 1. The van der Waals surface area contributed by atoms with Gasteiger partial charge in [0.05, 0.1) is 6.54 Å². The van der Waals surface area contributed by atoms with E-state index in [1.165, 1.54) is 5.56 Å². The molecule has 2 heterocycles. The van der Waals surface area contributed by atoms with Gasteiger partial charge in [-0.2, -0.15) is 0 Å². The van der Waals surface area contributed by atoms with Gasteiger partial charge < -0.3 is 9.88 Å². The molecule has 2 aromatic heterocycles. The van der Waals surface area contributed by atoms with Gasteiger partial charge in [0.25, 0.3) is 0 Å². The Morgan fingerprint density at radius 2 is 1.79 bits per heavy atom. The molecule has 29 heavy (non-hydrogen) atoms. The molecule has 0 fully saturated rings. The molecule has 0 atom stereocenters. The highest BCUT2D eigenvalue weighted by Gasteiger charge is 2.13. The molecule has 0 saturated heterocycles. The Balaban J connectivity index is 1.44. The monoisotopic (exact) mass is 448 g/mol. The number of fused-ring (bicyclic) bond motifs is 1. The lowest BCUT2D eigenvalue weighted by Gasteiger charge is -2.09. The first kappa shape index (κ1) is 19.3. The van der Waals surface area contributed by atoms with Crippen molar-refractivity contribution >= 4 is 38.7 Å².